The van der Waals surface area contributed by atoms with Crippen molar-refractivity contribution < 1.29 is 8.83 Å². The topological polar surface area (TPSA) is 65.0 Å². The Morgan fingerprint density at radius 2 is 0.815 bits per heavy atom. The molecular formula is C49H29N3O2. The van der Waals surface area contributed by atoms with Gasteiger partial charge in [-0.15, -0.1) is 0 Å². The molecule has 0 N–H and O–H groups in total. The van der Waals surface area contributed by atoms with Crippen LogP contribution in [0, 0.1) is 0 Å². The van der Waals surface area contributed by atoms with E-state index < -0.39 is 0 Å². The highest BCUT2D eigenvalue weighted by Crippen LogP contribution is 2.41. The van der Waals surface area contributed by atoms with Gasteiger partial charge in [0.05, 0.1) is 5.56 Å². The molecule has 5 nitrogen and oxygen atoms in total. The van der Waals surface area contributed by atoms with Crippen molar-refractivity contribution in [1.82, 2.24) is 15.0 Å². The zero-order chi connectivity index (χ0) is 35.6. The summed E-state index contributed by atoms with van der Waals surface area (Å²) in [5.74, 6) is 1.76. The van der Waals surface area contributed by atoms with Crippen LogP contribution in [0.2, 0.25) is 0 Å². The molecule has 252 valence electrons. The van der Waals surface area contributed by atoms with E-state index in [2.05, 4.69) is 115 Å². The molecule has 11 rings (SSSR count). The fraction of sp³-hybridized carbons (Fsp3) is 0. The summed E-state index contributed by atoms with van der Waals surface area (Å²) in [6.45, 7) is 0. The first-order chi connectivity index (χ1) is 26.7. The van der Waals surface area contributed by atoms with E-state index in [1.807, 2.05) is 60.7 Å². The molecule has 0 unspecified atom stereocenters. The van der Waals surface area contributed by atoms with Gasteiger partial charge in [-0.1, -0.05) is 146 Å². The van der Waals surface area contributed by atoms with Gasteiger partial charge in [-0.3, -0.25) is 0 Å². The minimum atomic E-state index is 0.562. The zero-order valence-electron chi connectivity index (χ0n) is 28.9. The lowest BCUT2D eigenvalue weighted by Gasteiger charge is -2.09. The summed E-state index contributed by atoms with van der Waals surface area (Å²) in [7, 11) is 0. The Hall–Kier alpha value is -7.37. The smallest absolute Gasteiger partial charge is 0.167 e. The molecule has 0 saturated heterocycles. The molecule has 0 spiro atoms. The number of hydrogen-bond acceptors (Lipinski definition) is 5. The summed E-state index contributed by atoms with van der Waals surface area (Å²) in [5, 5.41) is 6.57. The molecule has 0 saturated carbocycles. The first-order valence-corrected chi connectivity index (χ1v) is 18.0. The highest BCUT2D eigenvalue weighted by molar-refractivity contribution is 6.19. The van der Waals surface area contributed by atoms with Gasteiger partial charge in [0.15, 0.2) is 17.5 Å². The third-order valence-electron chi connectivity index (χ3n) is 10.4. The molecule has 0 bridgehead atoms. The maximum Gasteiger partial charge on any atom is 0.167 e. The Morgan fingerprint density at radius 3 is 1.59 bits per heavy atom. The monoisotopic (exact) mass is 691 g/mol. The SMILES string of the molecule is c1ccc(-c2nc(-c3ccc(-c4ccc5oc6c7ccccc7c(-c7ccccc7)cc6c5c4)cc3)nc(-c3cccc4c3oc3ccccc34)n2)cc1. The molecule has 0 aliphatic rings. The van der Waals surface area contributed by atoms with Crippen molar-refractivity contribution >= 4 is 54.6 Å². The Kier molecular flexibility index (Phi) is 6.79. The van der Waals surface area contributed by atoms with Gasteiger partial charge in [-0.25, -0.2) is 15.0 Å². The lowest BCUT2D eigenvalue weighted by molar-refractivity contribution is 0.669. The van der Waals surface area contributed by atoms with Gasteiger partial charge in [0.2, 0.25) is 0 Å². The normalized spacial score (nSPS) is 11.7. The van der Waals surface area contributed by atoms with Crippen LogP contribution in [0.3, 0.4) is 0 Å². The second kappa shape index (κ2) is 12.1. The third-order valence-corrected chi connectivity index (χ3v) is 10.4. The van der Waals surface area contributed by atoms with Crippen molar-refractivity contribution in [2.45, 2.75) is 0 Å². The van der Waals surface area contributed by atoms with Crippen LogP contribution < -0.4 is 0 Å². The van der Waals surface area contributed by atoms with Crippen LogP contribution in [0.5, 0.6) is 0 Å². The van der Waals surface area contributed by atoms with E-state index in [1.54, 1.807) is 0 Å². The van der Waals surface area contributed by atoms with Crippen LogP contribution in [-0.4, -0.2) is 15.0 Å². The average molecular weight is 692 g/mol. The summed E-state index contributed by atoms with van der Waals surface area (Å²) < 4.78 is 12.9. The van der Waals surface area contributed by atoms with E-state index in [4.69, 9.17) is 23.8 Å². The number of aromatic nitrogens is 3. The molecule has 0 atom stereocenters. The molecule has 0 aliphatic heterocycles. The van der Waals surface area contributed by atoms with Crippen molar-refractivity contribution in [3.63, 3.8) is 0 Å². The van der Waals surface area contributed by atoms with Crippen LogP contribution >= 0.6 is 0 Å². The molecule has 0 radical (unpaired) electrons. The highest BCUT2D eigenvalue weighted by Gasteiger charge is 2.19. The van der Waals surface area contributed by atoms with Gasteiger partial charge in [-0.05, 0) is 58.0 Å². The van der Waals surface area contributed by atoms with Crippen LogP contribution in [-0.2, 0) is 0 Å². The zero-order valence-corrected chi connectivity index (χ0v) is 28.9. The Balaban J connectivity index is 1.02. The molecule has 0 aliphatic carbocycles. The minimum Gasteiger partial charge on any atom is -0.455 e. The summed E-state index contributed by atoms with van der Waals surface area (Å²) in [6.07, 6.45) is 0. The molecule has 3 aromatic heterocycles. The molecule has 0 amide bonds. The molecular weight excluding hydrogens is 663 g/mol. The lowest BCUT2D eigenvalue weighted by atomic mass is 9.95. The number of fused-ring (bicyclic) bond motifs is 8. The fourth-order valence-corrected chi connectivity index (χ4v) is 7.71. The molecule has 5 heteroatoms. The molecule has 11 aromatic rings. The number of para-hydroxylation sites is 2. The quantitative estimate of drug-likeness (QED) is 0.180. The number of furan rings is 2. The lowest BCUT2D eigenvalue weighted by Crippen LogP contribution is -2.00. The summed E-state index contributed by atoms with van der Waals surface area (Å²) in [6, 6.07) is 60.5. The van der Waals surface area contributed by atoms with Crippen LogP contribution in [0.4, 0.5) is 0 Å². The van der Waals surface area contributed by atoms with Crippen LogP contribution in [0.1, 0.15) is 0 Å². The number of nitrogens with zero attached hydrogens (tertiary/aromatic N) is 3. The van der Waals surface area contributed by atoms with E-state index in [0.717, 1.165) is 77.1 Å². The highest BCUT2D eigenvalue weighted by atomic mass is 16.3. The minimum absolute atomic E-state index is 0.562. The Morgan fingerprint density at radius 1 is 0.278 bits per heavy atom. The number of benzene rings is 8. The van der Waals surface area contributed by atoms with E-state index in [9.17, 15) is 0 Å². The van der Waals surface area contributed by atoms with Gasteiger partial charge < -0.3 is 8.83 Å². The van der Waals surface area contributed by atoms with Crippen LogP contribution in [0.15, 0.2) is 185 Å². The third kappa shape index (κ3) is 4.90. The van der Waals surface area contributed by atoms with Crippen molar-refractivity contribution in [1.29, 1.82) is 0 Å². The number of hydrogen-bond donors (Lipinski definition) is 0. The summed E-state index contributed by atoms with van der Waals surface area (Å²) in [5.41, 5.74) is 10.6. The molecule has 3 heterocycles. The van der Waals surface area contributed by atoms with Gasteiger partial charge in [0.25, 0.3) is 0 Å². The first kappa shape index (κ1) is 30.3. The fourth-order valence-electron chi connectivity index (χ4n) is 7.71. The van der Waals surface area contributed by atoms with E-state index in [0.29, 0.717) is 17.5 Å². The molecule has 0 fully saturated rings. The van der Waals surface area contributed by atoms with Crippen molar-refractivity contribution in [3.05, 3.63) is 176 Å². The van der Waals surface area contributed by atoms with Crippen molar-refractivity contribution in [3.8, 4) is 56.4 Å². The Labute approximate surface area is 309 Å². The summed E-state index contributed by atoms with van der Waals surface area (Å²) in [4.78, 5) is 15.0. The second-order valence-corrected chi connectivity index (χ2v) is 13.6. The van der Waals surface area contributed by atoms with Gasteiger partial charge in [0.1, 0.15) is 22.3 Å². The van der Waals surface area contributed by atoms with Crippen molar-refractivity contribution in [2.24, 2.45) is 0 Å². The van der Waals surface area contributed by atoms with Crippen molar-refractivity contribution in [2.75, 3.05) is 0 Å². The first-order valence-electron chi connectivity index (χ1n) is 18.0. The van der Waals surface area contributed by atoms with Crippen LogP contribution in [0.25, 0.3) is 111 Å². The van der Waals surface area contributed by atoms with Gasteiger partial charge in [-0.2, -0.15) is 0 Å². The van der Waals surface area contributed by atoms with E-state index >= 15 is 0 Å². The Bertz CT molecular complexity index is 3200. The largest absolute Gasteiger partial charge is 0.455 e. The maximum atomic E-state index is 6.53. The van der Waals surface area contributed by atoms with E-state index in [1.165, 1.54) is 16.5 Å². The predicted molar refractivity (Wildman–Crippen MR) is 219 cm³/mol. The van der Waals surface area contributed by atoms with E-state index in [-0.39, 0.29) is 0 Å². The average Bonchev–Trinajstić information content (AvgIpc) is 3.82. The maximum absolute atomic E-state index is 6.53. The summed E-state index contributed by atoms with van der Waals surface area (Å²) >= 11 is 0. The molecule has 54 heavy (non-hydrogen) atoms. The van der Waals surface area contributed by atoms with Gasteiger partial charge >= 0.3 is 0 Å². The second-order valence-electron chi connectivity index (χ2n) is 13.6. The predicted octanol–water partition coefficient (Wildman–Crippen LogP) is 13.2. The van der Waals surface area contributed by atoms with Gasteiger partial charge in [0, 0.05) is 38.1 Å². The number of rotatable bonds is 5. The standard InChI is InChI=1S/C49H29N3O2/c1-3-12-31(13-4-1)40-29-42-41-28-34(26-27-44(41)54-46(42)37-18-8-7-16-35(37)40)30-22-24-33(25-23-30)48-50-47(32-14-5-2-6-15-32)51-49(52-48)39-20-11-19-38-36-17-9-10-21-43(36)53-45(38)39/h1-29H. The molecule has 8 aromatic carbocycles.